The number of hydrogen-bond donors (Lipinski definition) is 1. The highest BCUT2D eigenvalue weighted by molar-refractivity contribution is 7.13. The molecule has 2 N–H and O–H groups in total. The molecule has 0 aliphatic heterocycles. The molecule has 0 bridgehead atoms. The van der Waals surface area contributed by atoms with Crippen LogP contribution in [0.5, 0.6) is 0 Å². The van der Waals surface area contributed by atoms with Crippen LogP contribution in [-0.4, -0.2) is 20.0 Å². The summed E-state index contributed by atoms with van der Waals surface area (Å²) in [4.78, 5) is 4.60. The van der Waals surface area contributed by atoms with Crippen LogP contribution in [0.4, 0.5) is 10.2 Å². The Morgan fingerprint density at radius 1 is 1.12 bits per heavy atom. The zero-order valence-corrected chi connectivity index (χ0v) is 14.2. The number of halogens is 1. The molecule has 0 saturated carbocycles. The van der Waals surface area contributed by atoms with E-state index < -0.39 is 0 Å². The van der Waals surface area contributed by atoms with Crippen LogP contribution in [0.3, 0.4) is 0 Å². The van der Waals surface area contributed by atoms with Gasteiger partial charge in [-0.1, -0.05) is 41.6 Å². The van der Waals surface area contributed by atoms with Gasteiger partial charge in [0.15, 0.2) is 11.5 Å². The standard InChI is InChI=1S/C18H14FN5S/c1-11-7-8-13(9-14(11)19)24-17(20)16(22-23-24)18-21-15(10-25-18)12-5-3-2-4-6-12/h2-10H,20H2,1H3. The number of nitrogens with two attached hydrogens (primary N) is 1. The maximum atomic E-state index is 13.8. The van der Waals surface area contributed by atoms with Crippen LogP contribution in [0.2, 0.25) is 0 Å². The number of nitrogen functional groups attached to an aromatic ring is 1. The molecule has 4 aromatic rings. The number of hydrogen-bond acceptors (Lipinski definition) is 5. The second-order valence-corrected chi connectivity index (χ2v) is 6.43. The lowest BCUT2D eigenvalue weighted by molar-refractivity contribution is 0.616. The lowest BCUT2D eigenvalue weighted by Gasteiger charge is -2.04. The predicted molar refractivity (Wildman–Crippen MR) is 97.0 cm³/mol. The van der Waals surface area contributed by atoms with Crippen molar-refractivity contribution in [2.24, 2.45) is 0 Å². The Morgan fingerprint density at radius 3 is 2.68 bits per heavy atom. The van der Waals surface area contributed by atoms with E-state index in [0.717, 1.165) is 11.3 Å². The van der Waals surface area contributed by atoms with Gasteiger partial charge in [0.2, 0.25) is 0 Å². The third-order valence-electron chi connectivity index (χ3n) is 3.88. The highest BCUT2D eigenvalue weighted by Gasteiger charge is 2.17. The molecule has 0 aliphatic rings. The number of aryl methyl sites for hydroxylation is 1. The minimum absolute atomic E-state index is 0.311. The Balaban J connectivity index is 1.72. The van der Waals surface area contributed by atoms with Gasteiger partial charge < -0.3 is 5.73 Å². The summed E-state index contributed by atoms with van der Waals surface area (Å²) in [7, 11) is 0. The summed E-state index contributed by atoms with van der Waals surface area (Å²) in [6, 6.07) is 14.7. The molecule has 2 aromatic heterocycles. The number of rotatable bonds is 3. The lowest BCUT2D eigenvalue weighted by Crippen LogP contribution is -2.03. The minimum atomic E-state index is -0.311. The fourth-order valence-electron chi connectivity index (χ4n) is 2.47. The van der Waals surface area contributed by atoms with E-state index >= 15 is 0 Å². The van der Waals surface area contributed by atoms with Crippen LogP contribution < -0.4 is 5.73 Å². The average molecular weight is 351 g/mol. The molecule has 0 spiro atoms. The van der Waals surface area contributed by atoms with Gasteiger partial charge in [0.25, 0.3) is 0 Å². The first kappa shape index (κ1) is 15.5. The average Bonchev–Trinajstić information content (AvgIpc) is 3.25. The van der Waals surface area contributed by atoms with Crippen molar-refractivity contribution in [2.45, 2.75) is 6.92 Å². The van der Waals surface area contributed by atoms with Crippen LogP contribution in [0.1, 0.15) is 5.56 Å². The molecule has 0 atom stereocenters. The molecule has 0 amide bonds. The maximum absolute atomic E-state index is 13.8. The zero-order chi connectivity index (χ0) is 17.4. The van der Waals surface area contributed by atoms with E-state index in [0.29, 0.717) is 27.8 Å². The Kier molecular flexibility index (Phi) is 3.77. The number of nitrogens with zero attached hydrogens (tertiary/aromatic N) is 4. The molecule has 0 unspecified atom stereocenters. The monoisotopic (exact) mass is 351 g/mol. The lowest BCUT2D eigenvalue weighted by atomic mass is 10.2. The van der Waals surface area contributed by atoms with Crippen molar-refractivity contribution >= 4 is 17.2 Å². The quantitative estimate of drug-likeness (QED) is 0.604. The second kappa shape index (κ2) is 6.10. The Bertz CT molecular complexity index is 1040. The van der Waals surface area contributed by atoms with E-state index in [1.165, 1.54) is 22.1 Å². The molecular formula is C18H14FN5S. The smallest absolute Gasteiger partial charge is 0.165 e. The predicted octanol–water partition coefficient (Wildman–Crippen LogP) is 4.09. The van der Waals surface area contributed by atoms with E-state index in [2.05, 4.69) is 15.3 Å². The van der Waals surface area contributed by atoms with Crippen molar-refractivity contribution in [2.75, 3.05) is 5.73 Å². The first-order valence-corrected chi connectivity index (χ1v) is 8.50. The first-order valence-electron chi connectivity index (χ1n) is 7.62. The molecule has 5 nitrogen and oxygen atoms in total. The van der Waals surface area contributed by atoms with Gasteiger partial charge in [-0.05, 0) is 24.6 Å². The largest absolute Gasteiger partial charge is 0.382 e. The molecule has 0 saturated heterocycles. The summed E-state index contributed by atoms with van der Waals surface area (Å²) in [5, 5.41) is 10.8. The van der Waals surface area contributed by atoms with Crippen molar-refractivity contribution in [1.82, 2.24) is 20.0 Å². The SMILES string of the molecule is Cc1ccc(-n2nnc(-c3nc(-c4ccccc4)cs3)c2N)cc1F. The normalized spacial score (nSPS) is 11.0. The number of aromatic nitrogens is 4. The maximum Gasteiger partial charge on any atom is 0.165 e. The van der Waals surface area contributed by atoms with Gasteiger partial charge in [0.05, 0.1) is 11.4 Å². The van der Waals surface area contributed by atoms with Crippen LogP contribution in [-0.2, 0) is 0 Å². The van der Waals surface area contributed by atoms with Gasteiger partial charge in [0.1, 0.15) is 10.8 Å². The summed E-state index contributed by atoms with van der Waals surface area (Å²) >= 11 is 1.44. The van der Waals surface area contributed by atoms with E-state index in [4.69, 9.17) is 5.73 Å². The molecule has 7 heteroatoms. The van der Waals surface area contributed by atoms with Gasteiger partial charge in [-0.3, -0.25) is 0 Å². The highest BCUT2D eigenvalue weighted by atomic mass is 32.1. The summed E-state index contributed by atoms with van der Waals surface area (Å²) in [5.74, 6) is 0.0202. The summed E-state index contributed by atoms with van der Waals surface area (Å²) in [5.41, 5.74) is 9.65. The molecule has 2 heterocycles. The van der Waals surface area contributed by atoms with Gasteiger partial charge in [-0.15, -0.1) is 16.4 Å². The molecule has 0 fully saturated rings. The summed E-state index contributed by atoms with van der Waals surface area (Å²) < 4.78 is 15.2. The van der Waals surface area contributed by atoms with Crippen molar-refractivity contribution in [3.05, 3.63) is 65.3 Å². The Labute approximate surface area is 147 Å². The van der Waals surface area contributed by atoms with Crippen molar-refractivity contribution in [3.63, 3.8) is 0 Å². The van der Waals surface area contributed by atoms with Gasteiger partial charge in [-0.2, -0.15) is 4.68 Å². The number of benzene rings is 2. The fourth-order valence-corrected chi connectivity index (χ4v) is 3.29. The topological polar surface area (TPSA) is 69.6 Å². The van der Waals surface area contributed by atoms with Gasteiger partial charge in [-0.25, -0.2) is 9.37 Å². The zero-order valence-electron chi connectivity index (χ0n) is 13.3. The van der Waals surface area contributed by atoms with Crippen LogP contribution >= 0.6 is 11.3 Å². The van der Waals surface area contributed by atoms with Crippen LogP contribution in [0, 0.1) is 12.7 Å². The van der Waals surface area contributed by atoms with Gasteiger partial charge in [0, 0.05) is 10.9 Å². The van der Waals surface area contributed by atoms with Crippen LogP contribution in [0.25, 0.3) is 27.6 Å². The van der Waals surface area contributed by atoms with Crippen molar-refractivity contribution in [1.29, 1.82) is 0 Å². The van der Waals surface area contributed by atoms with E-state index in [9.17, 15) is 4.39 Å². The molecular weight excluding hydrogens is 337 g/mol. The third kappa shape index (κ3) is 2.78. The first-order chi connectivity index (χ1) is 12.1. The number of thiazole rings is 1. The molecule has 25 heavy (non-hydrogen) atoms. The fraction of sp³-hybridized carbons (Fsp3) is 0.0556. The number of anilines is 1. The minimum Gasteiger partial charge on any atom is -0.382 e. The van der Waals surface area contributed by atoms with E-state index in [1.54, 1.807) is 19.1 Å². The highest BCUT2D eigenvalue weighted by Crippen LogP contribution is 2.31. The molecule has 0 aliphatic carbocycles. The third-order valence-corrected chi connectivity index (χ3v) is 4.73. The van der Waals surface area contributed by atoms with Crippen molar-refractivity contribution < 1.29 is 4.39 Å². The summed E-state index contributed by atoms with van der Waals surface area (Å²) in [6.07, 6.45) is 0. The second-order valence-electron chi connectivity index (χ2n) is 5.57. The molecule has 2 aromatic carbocycles. The molecule has 124 valence electrons. The van der Waals surface area contributed by atoms with Crippen molar-refractivity contribution in [3.8, 4) is 27.6 Å². The molecule has 0 radical (unpaired) electrons. The van der Waals surface area contributed by atoms with E-state index in [-0.39, 0.29) is 5.82 Å². The summed E-state index contributed by atoms with van der Waals surface area (Å²) in [6.45, 7) is 1.70. The Morgan fingerprint density at radius 2 is 1.92 bits per heavy atom. The Hall–Kier alpha value is -3.06. The van der Waals surface area contributed by atoms with Crippen LogP contribution in [0.15, 0.2) is 53.9 Å². The van der Waals surface area contributed by atoms with E-state index in [1.807, 2.05) is 35.7 Å². The van der Waals surface area contributed by atoms with Gasteiger partial charge >= 0.3 is 0 Å². The molecule has 4 rings (SSSR count).